The summed E-state index contributed by atoms with van der Waals surface area (Å²) in [6, 6.07) is 0. The van der Waals surface area contributed by atoms with Gasteiger partial charge in [-0.05, 0) is 42.4 Å². The van der Waals surface area contributed by atoms with Crippen molar-refractivity contribution in [2.75, 3.05) is 19.8 Å². The van der Waals surface area contributed by atoms with Gasteiger partial charge in [0.2, 0.25) is 0 Å². The van der Waals surface area contributed by atoms with E-state index >= 15 is 0 Å². The van der Waals surface area contributed by atoms with Crippen LogP contribution in [0.4, 0.5) is 0 Å². The highest BCUT2D eigenvalue weighted by Gasteiger charge is 2.48. The molecule has 0 aliphatic carbocycles. The third-order valence-corrected chi connectivity index (χ3v) is 13.5. The zero-order chi connectivity index (χ0) is 35.9. The maximum atomic E-state index is 13.1. The van der Waals surface area contributed by atoms with E-state index in [2.05, 4.69) is 4.52 Å². The third kappa shape index (κ3) is 10.8. The van der Waals surface area contributed by atoms with Crippen LogP contribution >= 0.6 is 23.5 Å². The quantitative estimate of drug-likeness (QED) is 0.162. The first-order valence-electron chi connectivity index (χ1n) is 16.1. The molecule has 0 bridgehead atoms. The summed E-state index contributed by atoms with van der Waals surface area (Å²) in [5.41, 5.74) is 0. The second-order valence-corrected chi connectivity index (χ2v) is 18.0. The molecule has 8 unspecified atom stereocenters. The monoisotopic (exact) mass is 740 g/mol. The fraction of sp³-hybridized carbons (Fsp3) is 1.00. The van der Waals surface area contributed by atoms with Crippen molar-refractivity contribution in [3.05, 3.63) is 0 Å². The number of ether oxygens (including phenoxy) is 3. The van der Waals surface area contributed by atoms with Gasteiger partial charge in [0, 0.05) is 17.8 Å². The molecule has 0 radical (unpaired) electrons. The van der Waals surface area contributed by atoms with Crippen LogP contribution in [-0.2, 0) is 50.5 Å². The first-order valence-corrected chi connectivity index (χ1v) is 20.6. The van der Waals surface area contributed by atoms with Crippen molar-refractivity contribution in [1.82, 2.24) is 0 Å². The van der Waals surface area contributed by atoms with Crippen LogP contribution in [0.1, 0.15) is 69.2 Å². The number of aliphatic hydroxyl groups is 1. The molecule has 0 aromatic rings. The van der Waals surface area contributed by atoms with Crippen molar-refractivity contribution in [3.8, 4) is 0 Å². The van der Waals surface area contributed by atoms with E-state index in [0.717, 1.165) is 0 Å². The van der Waals surface area contributed by atoms with Gasteiger partial charge in [-0.25, -0.2) is 13.7 Å². The lowest BCUT2D eigenvalue weighted by molar-refractivity contribution is -0.300. The average molecular weight is 741 g/mol. The van der Waals surface area contributed by atoms with Crippen molar-refractivity contribution < 1.29 is 75.2 Å². The third-order valence-electron chi connectivity index (χ3n) is 11.1. The normalized spacial score (nSPS) is 46.0. The molecule has 0 aromatic carbocycles. The lowest BCUT2D eigenvalue weighted by Crippen LogP contribution is -2.53. The molecule has 47 heavy (non-hydrogen) atoms. The Morgan fingerprint density at radius 1 is 0.553 bits per heavy atom. The molecule has 3 heterocycles. The van der Waals surface area contributed by atoms with Crippen LogP contribution in [0.3, 0.4) is 0 Å². The smallest absolute Gasteiger partial charge is 0.365 e. The molecule has 3 saturated heterocycles. The predicted octanol–water partition coefficient (Wildman–Crippen LogP) is 4.64. The highest BCUT2D eigenvalue weighted by molar-refractivity contribution is 7.47. The molecule has 278 valence electrons. The van der Waals surface area contributed by atoms with Crippen molar-refractivity contribution in [1.29, 1.82) is 0 Å². The molecule has 0 amide bonds. The van der Waals surface area contributed by atoms with E-state index < -0.39 is 73.4 Å². The van der Waals surface area contributed by atoms with E-state index in [4.69, 9.17) is 42.1 Å². The van der Waals surface area contributed by atoms with Crippen molar-refractivity contribution in [3.63, 3.8) is 0 Å². The van der Waals surface area contributed by atoms with Crippen LogP contribution in [0.5, 0.6) is 0 Å². The van der Waals surface area contributed by atoms with Crippen molar-refractivity contribution in [2.45, 2.75) is 106 Å². The molecule has 3 fully saturated rings. The molecule has 19 heteroatoms. The number of phosphoric acid groups is 3. The summed E-state index contributed by atoms with van der Waals surface area (Å²) in [7, 11) is -14.2. The van der Waals surface area contributed by atoms with Crippen molar-refractivity contribution >= 4 is 23.5 Å². The fourth-order valence-corrected chi connectivity index (χ4v) is 8.55. The molecular formula is C28H55O16P3. The van der Waals surface area contributed by atoms with Crippen LogP contribution in [0.15, 0.2) is 0 Å². The van der Waals surface area contributed by atoms with Gasteiger partial charge in [0.05, 0.1) is 38.1 Å². The maximum absolute atomic E-state index is 13.1. The zero-order valence-electron chi connectivity index (χ0n) is 28.8. The Kier molecular flexibility index (Phi) is 14.0. The second-order valence-electron chi connectivity index (χ2n) is 14.0. The molecule has 3 rings (SSSR count). The minimum absolute atomic E-state index is 0.0470. The van der Waals surface area contributed by atoms with E-state index in [1.54, 1.807) is 20.8 Å². The minimum Gasteiger partial charge on any atom is -0.365 e. The lowest BCUT2D eigenvalue weighted by atomic mass is 9.75. The van der Waals surface area contributed by atoms with E-state index in [0.29, 0.717) is 0 Å². The summed E-state index contributed by atoms with van der Waals surface area (Å²) < 4.78 is 80.9. The van der Waals surface area contributed by atoms with E-state index in [-0.39, 0.29) is 59.9 Å². The van der Waals surface area contributed by atoms with Crippen molar-refractivity contribution in [2.24, 2.45) is 53.3 Å². The number of hydrogen-bond donors (Lipinski definition) is 5. The summed E-state index contributed by atoms with van der Waals surface area (Å²) >= 11 is 0. The maximum Gasteiger partial charge on any atom is 0.474 e. The van der Waals surface area contributed by atoms with Gasteiger partial charge in [-0.2, -0.15) is 0 Å². The van der Waals surface area contributed by atoms with Crippen LogP contribution in [-0.4, -0.2) is 81.2 Å². The molecule has 3 aliphatic heterocycles. The predicted molar refractivity (Wildman–Crippen MR) is 167 cm³/mol. The molecule has 0 aromatic heterocycles. The molecule has 16 nitrogen and oxygen atoms in total. The lowest BCUT2D eigenvalue weighted by Gasteiger charge is -2.47. The Morgan fingerprint density at radius 2 is 0.915 bits per heavy atom. The Balaban J connectivity index is 1.60. The van der Waals surface area contributed by atoms with E-state index in [1.165, 1.54) is 0 Å². The highest BCUT2D eigenvalue weighted by atomic mass is 31.2. The standard InChI is InChI=1S/C28H55O16P3/c1-14-17(4)23(11-37-45(30,31)32)40-26(20(14)7)43-46(33,34)38-12-24-18(5)15(2)21(8)27(41-24)44-47(35,36)39-13-25-19(6)16(3)22(9)28(10,29)42-25/h14-27,29H,11-13H2,1-10H3,(H,33,34)(H,35,36)(H2,30,31,32)/t14-,15-,16-,17-,18-,19-,20?,21?,22?,23?,24?,25?,26+,27+,28-/m0/s1. The second kappa shape index (κ2) is 15.8. The highest BCUT2D eigenvalue weighted by Crippen LogP contribution is 2.52. The SMILES string of the molecule is CC1[C@@H](OP(=O)(O)OCC2O[C@H](OP(=O)(O)OCC3O[C@](C)(O)C(C)[C@@H](C)[C@@H]3C)C(C)[C@@H](C)[C@@H]2C)OC(COP(=O)(O)O)[C@@H](C)[C@@H]1C. The fourth-order valence-electron chi connectivity index (χ4n) is 6.41. The molecule has 5 N–H and O–H groups in total. The summed E-state index contributed by atoms with van der Waals surface area (Å²) in [5.74, 6) is -3.11. The summed E-state index contributed by atoms with van der Waals surface area (Å²) in [5, 5.41) is 10.6. The Morgan fingerprint density at radius 3 is 1.32 bits per heavy atom. The first-order chi connectivity index (χ1) is 21.4. The summed E-state index contributed by atoms with van der Waals surface area (Å²) in [6.07, 6.45) is -4.81. The van der Waals surface area contributed by atoms with Gasteiger partial charge < -0.3 is 38.9 Å². The van der Waals surface area contributed by atoms with Crippen LogP contribution in [0.2, 0.25) is 0 Å². The van der Waals surface area contributed by atoms with Crippen LogP contribution in [0.25, 0.3) is 0 Å². The molecule has 17 atom stereocenters. The Bertz CT molecular complexity index is 1180. The molecular weight excluding hydrogens is 685 g/mol. The van der Waals surface area contributed by atoms with Gasteiger partial charge in [0.15, 0.2) is 18.4 Å². The number of hydrogen-bond acceptors (Lipinski definition) is 12. The largest absolute Gasteiger partial charge is 0.474 e. The molecule has 0 saturated carbocycles. The summed E-state index contributed by atoms with van der Waals surface area (Å²) in [4.78, 5) is 39.4. The Labute approximate surface area is 277 Å². The van der Waals surface area contributed by atoms with E-state index in [1.807, 2.05) is 48.5 Å². The number of rotatable bonds is 13. The summed E-state index contributed by atoms with van der Waals surface area (Å²) in [6.45, 7) is 17.1. The number of phosphoric ester groups is 3. The van der Waals surface area contributed by atoms with Crippen LogP contribution in [0, 0.1) is 53.3 Å². The van der Waals surface area contributed by atoms with Gasteiger partial charge in [-0.15, -0.1) is 0 Å². The van der Waals surface area contributed by atoms with Gasteiger partial charge >= 0.3 is 23.5 Å². The van der Waals surface area contributed by atoms with Gasteiger partial charge in [-0.1, -0.05) is 62.3 Å². The van der Waals surface area contributed by atoms with Crippen LogP contribution < -0.4 is 0 Å². The topological polar surface area (TPSA) is 226 Å². The molecule has 3 aliphatic rings. The molecule has 0 spiro atoms. The van der Waals surface area contributed by atoms with Gasteiger partial charge in [0.25, 0.3) is 0 Å². The average Bonchev–Trinajstić information content (AvgIpc) is 2.96. The van der Waals surface area contributed by atoms with E-state index in [9.17, 15) is 28.6 Å². The Hall–Kier alpha value is 0.170. The minimum atomic E-state index is -4.77. The zero-order valence-corrected chi connectivity index (χ0v) is 31.5. The van der Waals surface area contributed by atoms with Gasteiger partial charge in [0.1, 0.15) is 0 Å². The van der Waals surface area contributed by atoms with Gasteiger partial charge in [-0.3, -0.25) is 22.6 Å². The first kappa shape index (κ1) is 41.6.